The van der Waals surface area contributed by atoms with Gasteiger partial charge in [-0.1, -0.05) is 12.8 Å². The molecule has 1 saturated heterocycles. The molecule has 1 aromatic rings. The number of amides is 2. The van der Waals surface area contributed by atoms with Crippen molar-refractivity contribution in [2.75, 3.05) is 13.1 Å². The van der Waals surface area contributed by atoms with Crippen LogP contribution in [0.2, 0.25) is 0 Å². The van der Waals surface area contributed by atoms with E-state index in [0.717, 1.165) is 31.2 Å². The molecule has 1 atom stereocenters. The molecule has 2 heterocycles. The summed E-state index contributed by atoms with van der Waals surface area (Å²) < 4.78 is 0. The Hall–Kier alpha value is -1.91. The Bertz CT molecular complexity index is 635. The number of pyridine rings is 1. The molecule has 0 aromatic carbocycles. The van der Waals surface area contributed by atoms with Gasteiger partial charge in [-0.05, 0) is 45.2 Å². The largest absolute Gasteiger partial charge is 0.354 e. The predicted molar refractivity (Wildman–Crippen MR) is 92.5 cm³/mol. The lowest BCUT2D eigenvalue weighted by molar-refractivity contribution is -0.128. The van der Waals surface area contributed by atoms with Gasteiger partial charge in [-0.25, -0.2) is 0 Å². The molecule has 1 unspecified atom stereocenters. The SMILES string of the molecule is Cc1cncc(C(=O)N2CC(C(=O)NC(C)C)C3(CCCC3)C2)c1. The van der Waals surface area contributed by atoms with E-state index in [2.05, 4.69) is 10.3 Å². The third kappa shape index (κ3) is 3.17. The second kappa shape index (κ2) is 6.54. The number of nitrogens with zero attached hydrogens (tertiary/aromatic N) is 2. The summed E-state index contributed by atoms with van der Waals surface area (Å²) >= 11 is 0. The van der Waals surface area contributed by atoms with E-state index in [9.17, 15) is 9.59 Å². The highest BCUT2D eigenvalue weighted by Crippen LogP contribution is 2.49. The van der Waals surface area contributed by atoms with Crippen LogP contribution in [0.5, 0.6) is 0 Å². The lowest BCUT2D eigenvalue weighted by atomic mass is 9.76. The second-order valence-electron chi connectivity index (χ2n) is 7.72. The molecule has 2 fully saturated rings. The van der Waals surface area contributed by atoms with Crippen molar-refractivity contribution in [2.24, 2.45) is 11.3 Å². The number of aromatic nitrogens is 1. The van der Waals surface area contributed by atoms with E-state index in [1.807, 2.05) is 31.7 Å². The standard InChI is InChI=1S/C19H27N3O2/c1-13(2)21-17(23)16-11-22(12-19(16)6-4-5-7-19)18(24)15-8-14(3)9-20-10-15/h8-10,13,16H,4-7,11-12H2,1-3H3,(H,21,23). The number of likely N-dealkylation sites (tertiary alicyclic amines) is 1. The maximum atomic E-state index is 12.9. The van der Waals surface area contributed by atoms with Crippen LogP contribution >= 0.6 is 0 Å². The number of hydrogen-bond donors (Lipinski definition) is 1. The molecule has 1 saturated carbocycles. The van der Waals surface area contributed by atoms with Gasteiger partial charge in [0.05, 0.1) is 11.5 Å². The topological polar surface area (TPSA) is 62.3 Å². The first-order valence-corrected chi connectivity index (χ1v) is 8.93. The van der Waals surface area contributed by atoms with Crippen molar-refractivity contribution < 1.29 is 9.59 Å². The minimum atomic E-state index is -0.0934. The zero-order chi connectivity index (χ0) is 17.3. The van der Waals surface area contributed by atoms with Crippen molar-refractivity contribution in [3.8, 4) is 0 Å². The molecule has 2 amide bonds. The van der Waals surface area contributed by atoms with Crippen molar-refractivity contribution in [1.29, 1.82) is 0 Å². The quantitative estimate of drug-likeness (QED) is 0.927. The van der Waals surface area contributed by atoms with Gasteiger partial charge in [0.2, 0.25) is 5.91 Å². The van der Waals surface area contributed by atoms with Gasteiger partial charge >= 0.3 is 0 Å². The van der Waals surface area contributed by atoms with E-state index in [1.165, 1.54) is 0 Å². The highest BCUT2D eigenvalue weighted by Gasteiger charge is 2.52. The molecule has 1 aliphatic heterocycles. The summed E-state index contributed by atoms with van der Waals surface area (Å²) in [5, 5.41) is 3.05. The van der Waals surface area contributed by atoms with Crippen molar-refractivity contribution >= 4 is 11.8 Å². The van der Waals surface area contributed by atoms with Crippen LogP contribution in [-0.2, 0) is 4.79 Å². The third-order valence-corrected chi connectivity index (χ3v) is 5.40. The zero-order valence-corrected chi connectivity index (χ0v) is 14.8. The average Bonchev–Trinajstić information content (AvgIpc) is 3.14. The molecule has 5 nitrogen and oxygen atoms in total. The van der Waals surface area contributed by atoms with Gasteiger partial charge < -0.3 is 10.2 Å². The Morgan fingerprint density at radius 2 is 2.00 bits per heavy atom. The van der Waals surface area contributed by atoms with Crippen molar-refractivity contribution in [3.63, 3.8) is 0 Å². The fourth-order valence-corrected chi connectivity index (χ4v) is 4.31. The first kappa shape index (κ1) is 16.9. The zero-order valence-electron chi connectivity index (χ0n) is 14.8. The van der Waals surface area contributed by atoms with Crippen LogP contribution in [0.4, 0.5) is 0 Å². The van der Waals surface area contributed by atoms with Gasteiger partial charge in [-0.3, -0.25) is 14.6 Å². The summed E-state index contributed by atoms with van der Waals surface area (Å²) in [5.41, 5.74) is 1.56. The van der Waals surface area contributed by atoms with E-state index >= 15 is 0 Å². The maximum Gasteiger partial charge on any atom is 0.255 e. The van der Waals surface area contributed by atoms with Crippen LogP contribution in [0.1, 0.15) is 55.5 Å². The van der Waals surface area contributed by atoms with E-state index in [4.69, 9.17) is 0 Å². The fourth-order valence-electron chi connectivity index (χ4n) is 4.31. The molecule has 2 aliphatic rings. The Balaban J connectivity index is 1.82. The summed E-state index contributed by atoms with van der Waals surface area (Å²) in [6.45, 7) is 7.11. The molecule has 0 bridgehead atoms. The van der Waals surface area contributed by atoms with Gasteiger partial charge in [-0.15, -0.1) is 0 Å². The molecule has 0 radical (unpaired) electrons. The third-order valence-electron chi connectivity index (χ3n) is 5.40. The van der Waals surface area contributed by atoms with Gasteiger partial charge in [0.15, 0.2) is 0 Å². The summed E-state index contributed by atoms with van der Waals surface area (Å²) in [5.74, 6) is 0.00556. The Labute approximate surface area is 143 Å². The molecule has 5 heteroatoms. The summed E-state index contributed by atoms with van der Waals surface area (Å²) in [4.78, 5) is 31.6. The fraction of sp³-hybridized carbons (Fsp3) is 0.632. The molecular weight excluding hydrogens is 302 g/mol. The lowest BCUT2D eigenvalue weighted by Crippen LogP contribution is -2.42. The first-order valence-electron chi connectivity index (χ1n) is 8.93. The van der Waals surface area contributed by atoms with E-state index < -0.39 is 0 Å². The molecule has 24 heavy (non-hydrogen) atoms. The smallest absolute Gasteiger partial charge is 0.255 e. The second-order valence-corrected chi connectivity index (χ2v) is 7.72. The summed E-state index contributed by atoms with van der Waals surface area (Å²) in [6, 6.07) is 2.00. The van der Waals surface area contributed by atoms with Crippen LogP contribution in [0, 0.1) is 18.3 Å². The molecule has 130 valence electrons. The van der Waals surface area contributed by atoms with Crippen LogP contribution in [-0.4, -0.2) is 40.8 Å². The van der Waals surface area contributed by atoms with Crippen molar-refractivity contribution in [3.05, 3.63) is 29.6 Å². The minimum absolute atomic E-state index is 0.00248. The van der Waals surface area contributed by atoms with Crippen molar-refractivity contribution in [2.45, 2.75) is 52.5 Å². The van der Waals surface area contributed by atoms with Crippen molar-refractivity contribution in [1.82, 2.24) is 15.2 Å². The van der Waals surface area contributed by atoms with Crippen LogP contribution < -0.4 is 5.32 Å². The number of carbonyl (C=O) groups is 2. The molecule has 1 aliphatic carbocycles. The number of carbonyl (C=O) groups excluding carboxylic acids is 2. The number of nitrogens with one attached hydrogen (secondary N) is 1. The maximum absolute atomic E-state index is 12.9. The lowest BCUT2D eigenvalue weighted by Gasteiger charge is -2.29. The number of aryl methyl sites for hydroxylation is 1. The van der Waals surface area contributed by atoms with Gasteiger partial charge in [0, 0.05) is 36.9 Å². The molecule has 1 aromatic heterocycles. The summed E-state index contributed by atoms with van der Waals surface area (Å²) in [7, 11) is 0. The highest BCUT2D eigenvalue weighted by atomic mass is 16.2. The molecular formula is C19H27N3O2. The highest BCUT2D eigenvalue weighted by molar-refractivity contribution is 5.95. The molecule has 1 N–H and O–H groups in total. The Morgan fingerprint density at radius 3 is 2.62 bits per heavy atom. The molecule has 3 rings (SSSR count). The van der Waals surface area contributed by atoms with Crippen LogP contribution in [0.15, 0.2) is 18.5 Å². The van der Waals surface area contributed by atoms with E-state index in [0.29, 0.717) is 18.7 Å². The van der Waals surface area contributed by atoms with Crippen LogP contribution in [0.25, 0.3) is 0 Å². The van der Waals surface area contributed by atoms with Gasteiger partial charge in [-0.2, -0.15) is 0 Å². The van der Waals surface area contributed by atoms with E-state index in [-0.39, 0.29) is 29.2 Å². The Morgan fingerprint density at radius 1 is 1.29 bits per heavy atom. The van der Waals surface area contributed by atoms with Crippen LogP contribution in [0.3, 0.4) is 0 Å². The van der Waals surface area contributed by atoms with Gasteiger partial charge in [0.1, 0.15) is 0 Å². The Kier molecular flexibility index (Phi) is 4.61. The monoisotopic (exact) mass is 329 g/mol. The van der Waals surface area contributed by atoms with E-state index in [1.54, 1.807) is 12.4 Å². The average molecular weight is 329 g/mol. The summed E-state index contributed by atoms with van der Waals surface area (Å²) in [6.07, 6.45) is 7.76. The normalized spacial score (nSPS) is 22.3. The minimum Gasteiger partial charge on any atom is -0.354 e. The number of hydrogen-bond acceptors (Lipinski definition) is 3. The van der Waals surface area contributed by atoms with Gasteiger partial charge in [0.25, 0.3) is 5.91 Å². The molecule has 1 spiro atoms. The first-order chi connectivity index (χ1) is 11.4. The predicted octanol–water partition coefficient (Wildman–Crippen LogP) is 2.55. The number of rotatable bonds is 3.